The molecular weight excluding hydrogens is 901 g/mol. The van der Waals surface area contributed by atoms with E-state index in [1.165, 1.54) is 29.3 Å². The Bertz CT molecular complexity index is 2780. The van der Waals surface area contributed by atoms with Crippen molar-refractivity contribution in [2.75, 3.05) is 10.6 Å². The molecule has 0 atom stereocenters. The van der Waals surface area contributed by atoms with Gasteiger partial charge >= 0.3 is 0 Å². The molecule has 6 aromatic rings. The summed E-state index contributed by atoms with van der Waals surface area (Å²) in [6.45, 7) is 18.6. The van der Waals surface area contributed by atoms with Crippen LogP contribution < -0.4 is 30.7 Å². The van der Waals surface area contributed by atoms with Gasteiger partial charge in [-0.2, -0.15) is 5.90 Å². The maximum Gasteiger partial charge on any atom is 0.266 e. The standard InChI is InChI=1S/C29H34N2O5S.C24H26N2O4S/c1-28(2,3)22-16-14-20(15-17-22)19-36-23-11-9-10-21(18-23)26(32)30-24-12-7-8-13-25(24)37(34,35)31-27(33)29(4,5)6;1-24(2,3)19-13-11-17(12-14-19)16-28-20-8-6-7-18(15-20)23(27)26-21-9-4-5-10-22(21)31-30-29-25/h7-18H,19H2,1-6H3,(H,30,32)(H,31,33);4-15H,16,25H2,1-3H3,(H,26,27). The number of nitrogens with one attached hydrogen (secondary N) is 3. The van der Waals surface area contributed by atoms with Crippen LogP contribution in [0, 0.1) is 5.41 Å². The fourth-order valence-corrected chi connectivity index (χ4v) is 7.99. The third kappa shape index (κ3) is 15.5. The number of ether oxygens (including phenoxy) is 2. The number of amides is 3. The van der Waals surface area contributed by atoms with E-state index in [-0.39, 0.29) is 27.3 Å². The monoisotopic (exact) mass is 960 g/mol. The highest BCUT2D eigenvalue weighted by atomic mass is 32.2. The van der Waals surface area contributed by atoms with Crippen molar-refractivity contribution in [3.05, 3.63) is 179 Å². The van der Waals surface area contributed by atoms with Crippen molar-refractivity contribution < 1.29 is 41.6 Å². The Kier molecular flexibility index (Phi) is 17.8. The summed E-state index contributed by atoms with van der Waals surface area (Å²) >= 11 is 0.909. The minimum Gasteiger partial charge on any atom is -0.489 e. The fraction of sp³-hybridized carbons (Fsp3) is 0.264. The Morgan fingerprint density at radius 1 is 0.559 bits per heavy atom. The van der Waals surface area contributed by atoms with Gasteiger partial charge in [0, 0.05) is 16.5 Å². The maximum atomic E-state index is 13.0. The van der Waals surface area contributed by atoms with Crippen LogP contribution in [0.3, 0.4) is 0 Å². The number of para-hydroxylation sites is 2. The number of carbonyl (C=O) groups is 3. The van der Waals surface area contributed by atoms with E-state index < -0.39 is 27.3 Å². The van der Waals surface area contributed by atoms with Crippen molar-refractivity contribution in [3.63, 3.8) is 0 Å². The van der Waals surface area contributed by atoms with Crippen molar-refractivity contribution >= 4 is 51.2 Å². The Labute approximate surface area is 404 Å². The summed E-state index contributed by atoms with van der Waals surface area (Å²) in [5.74, 6) is 4.60. The van der Waals surface area contributed by atoms with Gasteiger partial charge in [-0.15, -0.1) is 9.32 Å². The Hall–Kier alpha value is -6.49. The summed E-state index contributed by atoms with van der Waals surface area (Å²) in [6, 6.07) is 43.4. The highest BCUT2D eigenvalue weighted by molar-refractivity contribution is 7.94. The van der Waals surface area contributed by atoms with Gasteiger partial charge in [0.05, 0.1) is 28.3 Å². The molecule has 358 valence electrons. The number of anilines is 2. The molecule has 0 fully saturated rings. The highest BCUT2D eigenvalue weighted by Crippen LogP contribution is 2.29. The van der Waals surface area contributed by atoms with Crippen molar-refractivity contribution in [1.29, 1.82) is 0 Å². The smallest absolute Gasteiger partial charge is 0.266 e. The third-order valence-corrected chi connectivity index (χ3v) is 12.3. The number of carbonyl (C=O) groups excluding carboxylic acids is 3. The molecule has 6 aromatic carbocycles. The van der Waals surface area contributed by atoms with Gasteiger partial charge in [-0.3, -0.25) is 14.4 Å². The first kappa shape index (κ1) is 52.5. The lowest BCUT2D eigenvalue weighted by Crippen LogP contribution is -2.39. The van der Waals surface area contributed by atoms with Gasteiger partial charge < -0.3 is 20.1 Å². The van der Waals surface area contributed by atoms with Crippen LogP contribution in [-0.2, 0) is 48.2 Å². The SMILES string of the molecule is CC(C)(C)C(=O)NS(=O)(=O)c1ccccc1NC(=O)c1cccc(OCc2ccc(C(C)(C)C)cc2)c1.CC(C)(C)c1ccc(COc2cccc(C(=O)Nc3ccccc3SOON)c2)cc1. The van der Waals surface area contributed by atoms with Gasteiger partial charge in [0.2, 0.25) is 5.91 Å². The minimum atomic E-state index is -4.20. The molecule has 68 heavy (non-hydrogen) atoms. The van der Waals surface area contributed by atoms with Gasteiger partial charge in [0.15, 0.2) is 0 Å². The summed E-state index contributed by atoms with van der Waals surface area (Å²) in [6.07, 6.45) is 0. The molecule has 0 saturated heterocycles. The first-order chi connectivity index (χ1) is 32.0. The normalized spacial score (nSPS) is 11.7. The molecule has 0 unspecified atom stereocenters. The Morgan fingerprint density at radius 3 is 1.46 bits per heavy atom. The lowest BCUT2D eigenvalue weighted by molar-refractivity contribution is -0.195. The average Bonchev–Trinajstić information content (AvgIpc) is 3.29. The van der Waals surface area contributed by atoms with Crippen LogP contribution in [-0.4, -0.2) is 26.1 Å². The van der Waals surface area contributed by atoms with Crippen molar-refractivity contribution in [2.24, 2.45) is 11.3 Å². The zero-order valence-corrected chi connectivity index (χ0v) is 41.5. The number of benzene rings is 6. The molecule has 6 rings (SSSR count). The molecule has 0 heterocycles. The first-order valence-electron chi connectivity index (χ1n) is 21.8. The van der Waals surface area contributed by atoms with Crippen LogP contribution in [0.2, 0.25) is 0 Å². The molecule has 0 aliphatic rings. The van der Waals surface area contributed by atoms with Crippen LogP contribution in [0.1, 0.15) is 105 Å². The maximum absolute atomic E-state index is 13.0. The molecule has 0 bridgehead atoms. The van der Waals surface area contributed by atoms with E-state index in [0.29, 0.717) is 46.4 Å². The zero-order valence-electron chi connectivity index (χ0n) is 39.8. The molecule has 0 aliphatic heterocycles. The van der Waals surface area contributed by atoms with Crippen molar-refractivity contribution in [3.8, 4) is 11.5 Å². The second-order valence-corrected chi connectivity index (χ2v) is 21.3. The molecule has 13 nitrogen and oxygen atoms in total. The average molecular weight is 961 g/mol. The van der Waals surface area contributed by atoms with Gasteiger partial charge in [0.1, 0.15) is 29.6 Å². The number of sulfonamides is 1. The fourth-order valence-electron chi connectivity index (χ4n) is 6.21. The molecule has 3 amide bonds. The van der Waals surface area contributed by atoms with Crippen LogP contribution in [0.15, 0.2) is 155 Å². The molecule has 0 aliphatic carbocycles. The first-order valence-corrected chi connectivity index (χ1v) is 24.0. The van der Waals surface area contributed by atoms with E-state index in [2.05, 4.69) is 103 Å². The van der Waals surface area contributed by atoms with E-state index >= 15 is 0 Å². The molecular formula is C53H60N4O9S2. The molecule has 0 aromatic heterocycles. The van der Waals surface area contributed by atoms with E-state index in [0.717, 1.165) is 23.2 Å². The van der Waals surface area contributed by atoms with Gasteiger partial charge in [-0.05, 0) is 93.7 Å². The second kappa shape index (κ2) is 23.0. The predicted octanol–water partition coefficient (Wildman–Crippen LogP) is 11.3. The quantitative estimate of drug-likeness (QED) is 0.0436. The number of nitrogens with two attached hydrogens (primary N) is 1. The van der Waals surface area contributed by atoms with Crippen LogP contribution in [0.4, 0.5) is 11.4 Å². The molecule has 0 spiro atoms. The summed E-state index contributed by atoms with van der Waals surface area (Å²) in [7, 11) is -4.20. The summed E-state index contributed by atoms with van der Waals surface area (Å²) in [5, 5.41) is 5.51. The van der Waals surface area contributed by atoms with E-state index in [4.69, 9.17) is 15.4 Å². The number of rotatable bonds is 15. The van der Waals surface area contributed by atoms with Crippen LogP contribution >= 0.6 is 12.0 Å². The van der Waals surface area contributed by atoms with E-state index in [1.807, 2.05) is 30.3 Å². The molecule has 5 N–H and O–H groups in total. The van der Waals surface area contributed by atoms with Crippen molar-refractivity contribution in [2.45, 2.75) is 96.1 Å². The van der Waals surface area contributed by atoms with E-state index in [9.17, 15) is 22.8 Å². The zero-order chi connectivity index (χ0) is 49.7. The Balaban J connectivity index is 0.000000258. The Morgan fingerprint density at radius 2 is 1.00 bits per heavy atom. The molecule has 15 heteroatoms. The van der Waals surface area contributed by atoms with Gasteiger partial charge in [0.25, 0.3) is 21.8 Å². The summed E-state index contributed by atoms with van der Waals surface area (Å²) in [5.41, 5.74) is 5.27. The van der Waals surface area contributed by atoms with E-state index in [1.54, 1.807) is 81.4 Å². The van der Waals surface area contributed by atoms with Crippen LogP contribution in [0.25, 0.3) is 0 Å². The number of hydrogen-bond donors (Lipinski definition) is 4. The molecule has 0 saturated carbocycles. The summed E-state index contributed by atoms with van der Waals surface area (Å²) < 4.78 is 44.3. The lowest BCUT2D eigenvalue weighted by atomic mass is 9.87. The van der Waals surface area contributed by atoms with Crippen molar-refractivity contribution in [1.82, 2.24) is 4.72 Å². The summed E-state index contributed by atoms with van der Waals surface area (Å²) in [4.78, 5) is 42.6. The van der Waals surface area contributed by atoms with Crippen LogP contribution in [0.5, 0.6) is 11.5 Å². The third-order valence-electron chi connectivity index (χ3n) is 10.3. The van der Waals surface area contributed by atoms with Gasteiger partial charge in [-0.25, -0.2) is 13.1 Å². The second-order valence-electron chi connectivity index (χ2n) is 18.9. The predicted molar refractivity (Wildman–Crippen MR) is 268 cm³/mol. The largest absolute Gasteiger partial charge is 0.489 e. The number of hydrogen-bond acceptors (Lipinski definition) is 11. The minimum absolute atomic E-state index is 0.0620. The lowest BCUT2D eigenvalue weighted by Gasteiger charge is -2.19. The molecule has 0 radical (unpaired) electrons. The topological polar surface area (TPSA) is 184 Å². The highest BCUT2D eigenvalue weighted by Gasteiger charge is 2.29. The van der Waals surface area contributed by atoms with Gasteiger partial charge in [-0.1, -0.05) is 147 Å².